The normalized spacial score (nSPS) is 13.4. The third-order valence-corrected chi connectivity index (χ3v) is 6.15. The third-order valence-electron chi connectivity index (χ3n) is 6.15. The molecule has 0 fully saturated rings. The van der Waals surface area contributed by atoms with Crippen molar-refractivity contribution >= 4 is 5.97 Å². The first kappa shape index (κ1) is 28.4. The molecule has 0 heterocycles. The molecule has 0 radical (unpaired) electrons. The van der Waals surface area contributed by atoms with Crippen molar-refractivity contribution in [3.63, 3.8) is 0 Å². The van der Waals surface area contributed by atoms with Crippen LogP contribution >= 0.6 is 0 Å². The number of carbonyl (C=O) groups excluding carboxylic acids is 1. The molecule has 0 aliphatic heterocycles. The first-order valence-corrected chi connectivity index (χ1v) is 13.0. The highest BCUT2D eigenvalue weighted by Crippen LogP contribution is 2.16. The largest absolute Gasteiger partial charge is 0.464 e. The van der Waals surface area contributed by atoms with Gasteiger partial charge >= 0.3 is 5.97 Å². The molecule has 174 valence electrons. The number of ether oxygens (including phenoxy) is 1. The minimum atomic E-state index is -0.932. The van der Waals surface area contributed by atoms with Gasteiger partial charge in [-0.05, 0) is 18.8 Å². The Morgan fingerprint density at radius 3 is 1.59 bits per heavy atom. The Morgan fingerprint density at radius 2 is 1.14 bits per heavy atom. The Labute approximate surface area is 182 Å². The Bertz CT molecular complexity index is 343. The van der Waals surface area contributed by atoms with Crippen LogP contribution in [-0.2, 0) is 9.53 Å². The van der Waals surface area contributed by atoms with Gasteiger partial charge in [-0.2, -0.15) is 0 Å². The van der Waals surface area contributed by atoms with E-state index >= 15 is 0 Å². The highest BCUT2D eigenvalue weighted by Gasteiger charge is 2.16. The van der Waals surface area contributed by atoms with Crippen LogP contribution in [0.15, 0.2) is 0 Å². The minimum Gasteiger partial charge on any atom is -0.464 e. The molecule has 2 unspecified atom stereocenters. The summed E-state index contributed by atoms with van der Waals surface area (Å²) in [6, 6.07) is 0. The summed E-state index contributed by atoms with van der Waals surface area (Å²) in [7, 11) is 0. The number of hydrogen-bond donors (Lipinski definition) is 1. The Hall–Kier alpha value is -0.570. The monoisotopic (exact) mass is 412 g/mol. The predicted molar refractivity (Wildman–Crippen MR) is 125 cm³/mol. The van der Waals surface area contributed by atoms with Gasteiger partial charge in [0.15, 0.2) is 6.10 Å². The maximum Gasteiger partial charge on any atom is 0.334 e. The quantitative estimate of drug-likeness (QED) is 0.145. The first-order chi connectivity index (χ1) is 14.2. The Kier molecular flexibility index (Phi) is 21.7. The zero-order valence-electron chi connectivity index (χ0n) is 20.1. The number of hydrogen-bond acceptors (Lipinski definition) is 3. The van der Waals surface area contributed by atoms with E-state index in [4.69, 9.17) is 4.74 Å². The molecular weight excluding hydrogens is 360 g/mol. The van der Waals surface area contributed by atoms with Crippen molar-refractivity contribution in [3.8, 4) is 0 Å². The van der Waals surface area contributed by atoms with Crippen molar-refractivity contribution in [2.75, 3.05) is 6.61 Å². The summed E-state index contributed by atoms with van der Waals surface area (Å²) >= 11 is 0. The maximum absolute atomic E-state index is 11.9. The van der Waals surface area contributed by atoms with Crippen molar-refractivity contribution in [1.82, 2.24) is 0 Å². The summed E-state index contributed by atoms with van der Waals surface area (Å²) in [5, 5.41) is 9.96. The summed E-state index contributed by atoms with van der Waals surface area (Å²) in [5.74, 6) is 0.210. The van der Waals surface area contributed by atoms with E-state index in [0.29, 0.717) is 18.9 Å². The molecule has 2 atom stereocenters. The number of aliphatic hydroxyl groups excluding tert-OH is 1. The molecule has 3 heteroatoms. The second-order valence-electron chi connectivity index (χ2n) is 8.92. The highest BCUT2D eigenvalue weighted by atomic mass is 16.5. The van der Waals surface area contributed by atoms with Gasteiger partial charge in [0.2, 0.25) is 0 Å². The molecule has 0 aliphatic carbocycles. The number of unbranched alkanes of at least 4 members (excludes halogenated alkanes) is 13. The van der Waals surface area contributed by atoms with Crippen LogP contribution in [-0.4, -0.2) is 23.8 Å². The maximum atomic E-state index is 11.9. The lowest BCUT2D eigenvalue weighted by atomic mass is 9.98. The van der Waals surface area contributed by atoms with Crippen LogP contribution in [0.5, 0.6) is 0 Å². The lowest BCUT2D eigenvalue weighted by Gasteiger charge is -2.15. The van der Waals surface area contributed by atoms with Gasteiger partial charge in [-0.25, -0.2) is 4.79 Å². The molecule has 0 amide bonds. The number of esters is 1. The van der Waals surface area contributed by atoms with Crippen LogP contribution in [0.2, 0.25) is 0 Å². The molecule has 0 saturated heterocycles. The number of aliphatic hydroxyl groups is 1. The van der Waals surface area contributed by atoms with E-state index in [-0.39, 0.29) is 0 Å². The zero-order chi connectivity index (χ0) is 21.6. The lowest BCUT2D eigenvalue weighted by molar-refractivity contribution is -0.154. The standard InChI is InChI=1S/C26H52O3/c1-4-7-8-9-10-11-12-13-14-15-16-17-18-19-21-25(27)26(28)29-23-22-24(6-3)20-5-2/h24-25,27H,4-23H2,1-3H3. The van der Waals surface area contributed by atoms with Gasteiger partial charge in [0.25, 0.3) is 0 Å². The molecule has 0 bridgehead atoms. The van der Waals surface area contributed by atoms with Crippen molar-refractivity contribution in [2.45, 2.75) is 149 Å². The molecule has 0 aromatic rings. The number of carbonyl (C=O) groups is 1. The number of rotatable bonds is 22. The van der Waals surface area contributed by atoms with Gasteiger partial charge in [0.05, 0.1) is 6.61 Å². The first-order valence-electron chi connectivity index (χ1n) is 13.0. The summed E-state index contributed by atoms with van der Waals surface area (Å²) in [6.45, 7) is 7.10. The van der Waals surface area contributed by atoms with Gasteiger partial charge in [-0.1, -0.05) is 130 Å². The van der Waals surface area contributed by atoms with Crippen LogP contribution < -0.4 is 0 Å². The van der Waals surface area contributed by atoms with Crippen LogP contribution in [0.1, 0.15) is 143 Å². The second kappa shape index (κ2) is 22.1. The van der Waals surface area contributed by atoms with Gasteiger partial charge in [-0.3, -0.25) is 0 Å². The molecule has 0 aromatic carbocycles. The molecule has 0 rings (SSSR count). The van der Waals surface area contributed by atoms with Gasteiger partial charge in [0, 0.05) is 0 Å². The van der Waals surface area contributed by atoms with E-state index in [1.54, 1.807) is 0 Å². The SMILES string of the molecule is CCCCCCCCCCCCCCCCC(O)C(=O)OCCC(CC)CCC. The zero-order valence-corrected chi connectivity index (χ0v) is 20.1. The van der Waals surface area contributed by atoms with Gasteiger partial charge in [-0.15, -0.1) is 0 Å². The van der Waals surface area contributed by atoms with Crippen LogP contribution in [0, 0.1) is 5.92 Å². The summed E-state index contributed by atoms with van der Waals surface area (Å²) in [4.78, 5) is 11.9. The molecule has 1 N–H and O–H groups in total. The van der Waals surface area contributed by atoms with Crippen molar-refractivity contribution in [1.29, 1.82) is 0 Å². The fraction of sp³-hybridized carbons (Fsp3) is 0.962. The predicted octanol–water partition coefficient (Wildman–Crippen LogP) is 7.98. The van der Waals surface area contributed by atoms with Crippen LogP contribution in [0.4, 0.5) is 0 Å². The molecule has 0 saturated carbocycles. The topological polar surface area (TPSA) is 46.5 Å². The fourth-order valence-electron chi connectivity index (χ4n) is 4.03. The fourth-order valence-corrected chi connectivity index (χ4v) is 4.03. The molecule has 0 aromatic heterocycles. The average Bonchev–Trinajstić information content (AvgIpc) is 2.73. The van der Waals surface area contributed by atoms with E-state index in [9.17, 15) is 9.90 Å². The van der Waals surface area contributed by atoms with E-state index in [1.165, 1.54) is 89.9 Å². The van der Waals surface area contributed by atoms with Gasteiger partial charge in [0.1, 0.15) is 0 Å². The Morgan fingerprint density at radius 1 is 0.655 bits per heavy atom. The molecule has 0 aliphatic rings. The molecular formula is C26H52O3. The van der Waals surface area contributed by atoms with E-state index in [0.717, 1.165) is 25.7 Å². The molecule has 3 nitrogen and oxygen atoms in total. The third kappa shape index (κ3) is 19.2. The highest BCUT2D eigenvalue weighted by molar-refractivity contribution is 5.74. The second-order valence-corrected chi connectivity index (χ2v) is 8.92. The smallest absolute Gasteiger partial charge is 0.334 e. The minimum absolute atomic E-state index is 0.425. The van der Waals surface area contributed by atoms with Crippen LogP contribution in [0.25, 0.3) is 0 Å². The van der Waals surface area contributed by atoms with E-state index in [1.807, 2.05) is 0 Å². The average molecular weight is 413 g/mol. The summed E-state index contributed by atoms with van der Waals surface area (Å²) in [5.41, 5.74) is 0. The summed E-state index contributed by atoms with van der Waals surface area (Å²) in [6.07, 6.45) is 22.4. The molecule has 29 heavy (non-hydrogen) atoms. The Balaban J connectivity index is 3.39. The van der Waals surface area contributed by atoms with Gasteiger partial charge < -0.3 is 9.84 Å². The van der Waals surface area contributed by atoms with E-state index in [2.05, 4.69) is 20.8 Å². The van der Waals surface area contributed by atoms with Crippen molar-refractivity contribution < 1.29 is 14.6 Å². The molecule has 0 spiro atoms. The lowest BCUT2D eigenvalue weighted by Crippen LogP contribution is -2.24. The van der Waals surface area contributed by atoms with Crippen molar-refractivity contribution in [2.24, 2.45) is 5.92 Å². The van der Waals surface area contributed by atoms with Crippen LogP contribution in [0.3, 0.4) is 0 Å². The van der Waals surface area contributed by atoms with Crippen molar-refractivity contribution in [3.05, 3.63) is 0 Å². The van der Waals surface area contributed by atoms with E-state index < -0.39 is 12.1 Å². The summed E-state index contributed by atoms with van der Waals surface area (Å²) < 4.78 is 5.26.